The van der Waals surface area contributed by atoms with E-state index >= 15 is 0 Å². The molecule has 0 aromatic heterocycles. The van der Waals surface area contributed by atoms with Crippen molar-refractivity contribution in [2.75, 3.05) is 14.2 Å². The fraction of sp³-hybridized carbons (Fsp3) is 0.250. The molecule has 0 spiro atoms. The third kappa shape index (κ3) is 2.47. The molecular weight excluding hydrogens is 266 g/mol. The number of hydrogen-bond acceptors (Lipinski definition) is 2. The highest BCUT2D eigenvalue weighted by atomic mass is 127. The van der Waals surface area contributed by atoms with Crippen molar-refractivity contribution >= 4 is 35.2 Å². The smallest absolute Gasteiger partial charge is 0.410 e. The first kappa shape index (κ1) is 10.0. The van der Waals surface area contributed by atoms with Crippen molar-refractivity contribution in [1.29, 1.82) is 0 Å². The van der Waals surface area contributed by atoms with E-state index < -0.39 is 0 Å². The summed E-state index contributed by atoms with van der Waals surface area (Å²) in [6.45, 7) is 0. The normalized spacial score (nSPS) is 9.92. The maximum absolute atomic E-state index is 5.10. The van der Waals surface area contributed by atoms with E-state index in [-0.39, 0.29) is 7.12 Å². The minimum Gasteiger partial charge on any atom is -0.410 e. The maximum Gasteiger partial charge on any atom is 0.493 e. The van der Waals surface area contributed by atoms with Crippen LogP contribution < -0.4 is 5.46 Å². The number of halogens is 1. The summed E-state index contributed by atoms with van der Waals surface area (Å²) in [6, 6.07) is 8.06. The van der Waals surface area contributed by atoms with Crippen LogP contribution in [0.5, 0.6) is 0 Å². The number of benzene rings is 1. The molecule has 0 aliphatic carbocycles. The summed E-state index contributed by atoms with van der Waals surface area (Å²) in [5.41, 5.74) is 1.04. The van der Waals surface area contributed by atoms with Crippen LogP contribution in [0.25, 0.3) is 0 Å². The summed E-state index contributed by atoms with van der Waals surface area (Å²) >= 11 is 2.26. The van der Waals surface area contributed by atoms with Gasteiger partial charge in [-0.1, -0.05) is 12.1 Å². The van der Waals surface area contributed by atoms with Gasteiger partial charge in [0.05, 0.1) is 0 Å². The van der Waals surface area contributed by atoms with Crippen molar-refractivity contribution in [1.82, 2.24) is 0 Å². The van der Waals surface area contributed by atoms with Gasteiger partial charge in [0.15, 0.2) is 0 Å². The molecule has 0 aliphatic heterocycles. The van der Waals surface area contributed by atoms with Gasteiger partial charge in [0.1, 0.15) is 0 Å². The molecule has 0 N–H and O–H groups in total. The van der Waals surface area contributed by atoms with Crippen molar-refractivity contribution in [2.24, 2.45) is 0 Å². The summed E-state index contributed by atoms with van der Waals surface area (Å²) < 4.78 is 11.4. The first-order valence-electron chi connectivity index (χ1n) is 3.59. The predicted molar refractivity (Wildman–Crippen MR) is 58.6 cm³/mol. The molecule has 12 heavy (non-hydrogen) atoms. The van der Waals surface area contributed by atoms with Crippen molar-refractivity contribution in [3.63, 3.8) is 0 Å². The Hall–Kier alpha value is -0.0651. The Kier molecular flexibility index (Phi) is 4.04. The molecule has 0 unspecified atom stereocenters. The Morgan fingerprint density at radius 1 is 1.08 bits per heavy atom. The molecule has 4 heteroatoms. The highest BCUT2D eigenvalue weighted by Crippen LogP contribution is 2.01. The van der Waals surface area contributed by atoms with Gasteiger partial charge in [-0.05, 0) is 40.2 Å². The van der Waals surface area contributed by atoms with Crippen LogP contribution >= 0.6 is 22.6 Å². The minimum absolute atomic E-state index is 0.248. The Bertz CT molecular complexity index is 233. The van der Waals surface area contributed by atoms with Gasteiger partial charge in [0, 0.05) is 17.8 Å². The maximum atomic E-state index is 5.10. The van der Waals surface area contributed by atoms with Crippen LogP contribution in [0.2, 0.25) is 0 Å². The molecule has 1 aromatic carbocycles. The molecule has 0 amide bonds. The predicted octanol–water partition coefficient (Wildman–Crippen LogP) is 1.28. The Morgan fingerprint density at radius 2 is 1.58 bits per heavy atom. The fourth-order valence-corrected chi connectivity index (χ4v) is 1.35. The highest BCUT2D eigenvalue weighted by Gasteiger charge is 2.16. The molecule has 0 atom stereocenters. The lowest BCUT2D eigenvalue weighted by Crippen LogP contribution is -2.34. The Balaban J connectivity index is 2.80. The highest BCUT2D eigenvalue weighted by molar-refractivity contribution is 14.1. The minimum atomic E-state index is -0.248. The third-order valence-electron chi connectivity index (χ3n) is 1.57. The molecular formula is C8H10BIO2. The van der Waals surface area contributed by atoms with Crippen LogP contribution in [0.1, 0.15) is 0 Å². The molecule has 0 saturated carbocycles. The molecule has 0 radical (unpaired) electrons. The zero-order valence-electron chi connectivity index (χ0n) is 7.08. The standard InChI is InChI=1S/C8H10BIO2/c1-11-9(12-2)7-3-5-8(10)6-4-7/h3-6H,1-2H3. The quantitative estimate of drug-likeness (QED) is 0.611. The molecule has 64 valence electrons. The van der Waals surface area contributed by atoms with Crippen molar-refractivity contribution in [3.8, 4) is 0 Å². The lowest BCUT2D eigenvalue weighted by Gasteiger charge is -2.07. The van der Waals surface area contributed by atoms with E-state index in [0.717, 1.165) is 5.46 Å². The van der Waals surface area contributed by atoms with Gasteiger partial charge in [0.2, 0.25) is 0 Å². The van der Waals surface area contributed by atoms with E-state index in [0.29, 0.717) is 0 Å². The summed E-state index contributed by atoms with van der Waals surface area (Å²) in [4.78, 5) is 0. The van der Waals surface area contributed by atoms with Gasteiger partial charge in [0.25, 0.3) is 0 Å². The van der Waals surface area contributed by atoms with Crippen LogP contribution in [0.15, 0.2) is 24.3 Å². The molecule has 0 bridgehead atoms. The average molecular weight is 276 g/mol. The van der Waals surface area contributed by atoms with Crippen LogP contribution in [0, 0.1) is 3.57 Å². The first-order valence-corrected chi connectivity index (χ1v) is 4.67. The van der Waals surface area contributed by atoms with Gasteiger partial charge < -0.3 is 9.31 Å². The largest absolute Gasteiger partial charge is 0.493 e. The summed E-state index contributed by atoms with van der Waals surface area (Å²) in [5.74, 6) is 0. The second kappa shape index (κ2) is 4.84. The lowest BCUT2D eigenvalue weighted by molar-refractivity contribution is 0.292. The van der Waals surface area contributed by atoms with Crippen molar-refractivity contribution < 1.29 is 9.31 Å². The summed E-state index contributed by atoms with van der Waals surface area (Å²) in [7, 11) is 3.01. The molecule has 0 aliphatic rings. The van der Waals surface area contributed by atoms with Crippen molar-refractivity contribution in [2.45, 2.75) is 0 Å². The molecule has 0 fully saturated rings. The van der Waals surface area contributed by atoms with E-state index in [1.807, 2.05) is 24.3 Å². The van der Waals surface area contributed by atoms with E-state index in [2.05, 4.69) is 22.6 Å². The Morgan fingerprint density at radius 3 is 2.00 bits per heavy atom. The average Bonchev–Trinajstić information content (AvgIpc) is 2.10. The van der Waals surface area contributed by atoms with E-state index in [1.165, 1.54) is 3.57 Å². The lowest BCUT2D eigenvalue weighted by atomic mass is 9.79. The zero-order chi connectivity index (χ0) is 8.97. The van der Waals surface area contributed by atoms with Gasteiger partial charge in [-0.25, -0.2) is 0 Å². The summed E-state index contributed by atoms with van der Waals surface area (Å²) in [6.07, 6.45) is 0. The zero-order valence-corrected chi connectivity index (χ0v) is 9.24. The van der Waals surface area contributed by atoms with Crippen LogP contribution in [0.3, 0.4) is 0 Å². The second-order valence-electron chi connectivity index (χ2n) is 2.35. The van der Waals surface area contributed by atoms with Crippen LogP contribution in [0.4, 0.5) is 0 Å². The fourth-order valence-electron chi connectivity index (χ4n) is 0.988. The third-order valence-corrected chi connectivity index (χ3v) is 2.29. The molecule has 0 saturated heterocycles. The number of hydrogen-bond donors (Lipinski definition) is 0. The summed E-state index contributed by atoms with van der Waals surface area (Å²) in [5, 5.41) is 0. The topological polar surface area (TPSA) is 18.5 Å². The van der Waals surface area contributed by atoms with Crippen LogP contribution in [-0.4, -0.2) is 21.3 Å². The van der Waals surface area contributed by atoms with E-state index in [9.17, 15) is 0 Å². The molecule has 2 nitrogen and oxygen atoms in total. The van der Waals surface area contributed by atoms with Gasteiger partial charge >= 0.3 is 7.12 Å². The monoisotopic (exact) mass is 276 g/mol. The van der Waals surface area contributed by atoms with E-state index in [1.54, 1.807) is 14.2 Å². The van der Waals surface area contributed by atoms with Gasteiger partial charge in [-0.3, -0.25) is 0 Å². The Labute approximate surface area is 86.5 Å². The van der Waals surface area contributed by atoms with E-state index in [4.69, 9.17) is 9.31 Å². The molecule has 1 aromatic rings. The molecule has 0 heterocycles. The van der Waals surface area contributed by atoms with Gasteiger partial charge in [-0.2, -0.15) is 0 Å². The van der Waals surface area contributed by atoms with Gasteiger partial charge in [-0.15, -0.1) is 0 Å². The number of rotatable bonds is 3. The molecule has 1 rings (SSSR count). The van der Waals surface area contributed by atoms with Crippen molar-refractivity contribution in [3.05, 3.63) is 27.8 Å². The first-order chi connectivity index (χ1) is 5.77. The SMILES string of the molecule is COB(OC)c1ccc(I)cc1. The van der Waals surface area contributed by atoms with Crippen LogP contribution in [-0.2, 0) is 9.31 Å². The second-order valence-corrected chi connectivity index (χ2v) is 3.60.